The molecule has 0 saturated carbocycles. The lowest BCUT2D eigenvalue weighted by atomic mass is 10.2. The van der Waals surface area contributed by atoms with Crippen molar-refractivity contribution >= 4 is 11.8 Å². The molecule has 0 amide bonds. The maximum Gasteiger partial charge on any atom is 0.158 e. The summed E-state index contributed by atoms with van der Waals surface area (Å²) in [6.45, 7) is 0.893. The highest BCUT2D eigenvalue weighted by molar-refractivity contribution is 8.00. The molecular weight excluding hydrogens is 160 g/mol. The molecule has 0 aromatic heterocycles. The quantitative estimate of drug-likeness (QED) is 0.634. The average Bonchev–Trinajstić information content (AvgIpc) is 1.99. The minimum Gasteiger partial charge on any atom is -0.353 e. The van der Waals surface area contributed by atoms with Crippen LogP contribution in [0.1, 0.15) is 19.3 Å². The zero-order valence-electron chi connectivity index (χ0n) is 6.62. The summed E-state index contributed by atoms with van der Waals surface area (Å²) in [4.78, 5) is 0. The summed E-state index contributed by atoms with van der Waals surface area (Å²) in [5, 5.41) is 0. The van der Waals surface area contributed by atoms with Crippen molar-refractivity contribution in [2.45, 2.75) is 31.7 Å². The van der Waals surface area contributed by atoms with Crippen LogP contribution in [0.3, 0.4) is 0 Å². The zero-order valence-corrected chi connectivity index (χ0v) is 7.44. The maximum atomic E-state index is 5.68. The molecule has 11 heavy (non-hydrogen) atoms. The molecule has 0 aliphatic carbocycles. The van der Waals surface area contributed by atoms with Gasteiger partial charge in [-0.3, -0.25) is 0 Å². The first kappa shape index (κ1) is 7.90. The van der Waals surface area contributed by atoms with Crippen LogP contribution < -0.4 is 0 Å². The van der Waals surface area contributed by atoms with E-state index < -0.39 is 0 Å². The molecule has 0 aromatic carbocycles. The van der Waals surface area contributed by atoms with Crippen LogP contribution in [0.5, 0.6) is 0 Å². The Kier molecular flexibility index (Phi) is 2.72. The predicted octanol–water partition coefficient (Wildman–Crippen LogP) is 1.65. The van der Waals surface area contributed by atoms with Crippen molar-refractivity contribution in [3.63, 3.8) is 0 Å². The fourth-order valence-corrected chi connectivity index (χ4v) is 1.91. The average molecular weight is 174 g/mol. The molecule has 0 unspecified atom stereocenters. The molecule has 0 aromatic rings. The summed E-state index contributed by atoms with van der Waals surface area (Å²) in [5.41, 5.74) is 0. The molecule has 2 saturated heterocycles. The van der Waals surface area contributed by atoms with Crippen molar-refractivity contribution in [1.82, 2.24) is 0 Å². The van der Waals surface area contributed by atoms with E-state index in [1.165, 1.54) is 24.3 Å². The monoisotopic (exact) mass is 174 g/mol. The molecule has 0 N–H and O–H groups in total. The van der Waals surface area contributed by atoms with E-state index in [1.54, 1.807) is 0 Å². The van der Waals surface area contributed by atoms with E-state index in [0.717, 1.165) is 13.0 Å². The summed E-state index contributed by atoms with van der Waals surface area (Å²) in [6.07, 6.45) is 4.18. The first-order chi connectivity index (χ1) is 5.45. The Hall–Kier alpha value is 0.270. The minimum atomic E-state index is 0.120. The van der Waals surface area contributed by atoms with Gasteiger partial charge >= 0.3 is 0 Å². The minimum absolute atomic E-state index is 0.120. The molecule has 0 spiro atoms. The van der Waals surface area contributed by atoms with Gasteiger partial charge in [0.25, 0.3) is 0 Å². The topological polar surface area (TPSA) is 18.5 Å². The largest absolute Gasteiger partial charge is 0.353 e. The highest BCUT2D eigenvalue weighted by Crippen LogP contribution is 2.24. The van der Waals surface area contributed by atoms with Gasteiger partial charge in [-0.1, -0.05) is 0 Å². The van der Waals surface area contributed by atoms with E-state index in [-0.39, 0.29) is 6.29 Å². The van der Waals surface area contributed by atoms with Gasteiger partial charge in [0, 0.05) is 18.1 Å². The molecule has 64 valence electrons. The summed E-state index contributed by atoms with van der Waals surface area (Å²) >= 11 is 1.95. The van der Waals surface area contributed by atoms with Crippen molar-refractivity contribution in [3.8, 4) is 0 Å². The SMILES string of the molecule is C1CC[C@H](OC2CSC2)OC1. The van der Waals surface area contributed by atoms with E-state index in [1.807, 2.05) is 11.8 Å². The van der Waals surface area contributed by atoms with Gasteiger partial charge in [0.15, 0.2) is 6.29 Å². The first-order valence-corrected chi connectivity index (χ1v) is 5.45. The van der Waals surface area contributed by atoms with Crippen molar-refractivity contribution in [1.29, 1.82) is 0 Å². The Balaban J connectivity index is 1.67. The summed E-state index contributed by atoms with van der Waals surface area (Å²) in [5.74, 6) is 2.33. The Morgan fingerprint density at radius 2 is 2.18 bits per heavy atom. The van der Waals surface area contributed by atoms with Gasteiger partial charge in [0.2, 0.25) is 0 Å². The molecular formula is C8H14O2S. The van der Waals surface area contributed by atoms with Crippen LogP contribution in [0.15, 0.2) is 0 Å². The molecule has 2 rings (SSSR count). The normalized spacial score (nSPS) is 33.3. The van der Waals surface area contributed by atoms with Gasteiger partial charge in [-0.25, -0.2) is 0 Å². The molecule has 2 aliphatic heterocycles. The highest BCUT2D eigenvalue weighted by Gasteiger charge is 2.24. The third-order valence-corrected chi connectivity index (χ3v) is 3.30. The zero-order chi connectivity index (χ0) is 7.52. The Morgan fingerprint density at radius 1 is 1.27 bits per heavy atom. The fourth-order valence-electron chi connectivity index (χ4n) is 1.33. The fraction of sp³-hybridized carbons (Fsp3) is 1.00. The molecule has 0 radical (unpaired) electrons. The van der Waals surface area contributed by atoms with Gasteiger partial charge in [-0.05, 0) is 19.3 Å². The second-order valence-electron chi connectivity index (χ2n) is 3.09. The maximum absolute atomic E-state index is 5.68. The number of hydrogen-bond acceptors (Lipinski definition) is 3. The van der Waals surface area contributed by atoms with Crippen molar-refractivity contribution in [3.05, 3.63) is 0 Å². The summed E-state index contributed by atoms with van der Waals surface area (Å²) in [6, 6.07) is 0. The van der Waals surface area contributed by atoms with Gasteiger partial charge in [-0.2, -0.15) is 11.8 Å². The van der Waals surface area contributed by atoms with Crippen molar-refractivity contribution in [2.24, 2.45) is 0 Å². The smallest absolute Gasteiger partial charge is 0.158 e. The van der Waals surface area contributed by atoms with Gasteiger partial charge in [-0.15, -0.1) is 0 Å². The summed E-state index contributed by atoms with van der Waals surface area (Å²) in [7, 11) is 0. The molecule has 1 atom stereocenters. The lowest BCUT2D eigenvalue weighted by molar-refractivity contribution is -0.180. The Morgan fingerprint density at radius 3 is 2.73 bits per heavy atom. The summed E-state index contributed by atoms with van der Waals surface area (Å²) < 4.78 is 11.1. The molecule has 3 heteroatoms. The third kappa shape index (κ3) is 2.10. The van der Waals surface area contributed by atoms with Crippen LogP contribution in [0.4, 0.5) is 0 Å². The lowest BCUT2D eigenvalue weighted by Crippen LogP contribution is -2.35. The number of hydrogen-bond donors (Lipinski definition) is 0. The van der Waals surface area contributed by atoms with Crippen LogP contribution >= 0.6 is 11.8 Å². The Labute approximate surface area is 71.6 Å². The molecule has 2 fully saturated rings. The van der Waals surface area contributed by atoms with Crippen LogP contribution in [0.25, 0.3) is 0 Å². The standard InChI is InChI=1S/C8H14O2S/c1-2-4-9-8(3-1)10-7-5-11-6-7/h7-8H,1-6H2/t8-/m0/s1. The second-order valence-corrected chi connectivity index (χ2v) is 4.17. The number of ether oxygens (including phenoxy) is 2. The van der Waals surface area contributed by atoms with Gasteiger partial charge < -0.3 is 9.47 Å². The highest BCUT2D eigenvalue weighted by atomic mass is 32.2. The van der Waals surface area contributed by atoms with E-state index >= 15 is 0 Å². The molecule has 2 aliphatic rings. The predicted molar refractivity (Wildman–Crippen MR) is 45.8 cm³/mol. The third-order valence-electron chi connectivity index (χ3n) is 2.09. The van der Waals surface area contributed by atoms with Gasteiger partial charge in [0.1, 0.15) is 0 Å². The Bertz CT molecular complexity index is 119. The number of rotatable bonds is 2. The molecule has 2 nitrogen and oxygen atoms in total. The van der Waals surface area contributed by atoms with Crippen LogP contribution in [0.2, 0.25) is 0 Å². The number of thioether (sulfide) groups is 1. The molecule has 2 heterocycles. The molecule has 0 bridgehead atoms. The first-order valence-electron chi connectivity index (χ1n) is 4.30. The van der Waals surface area contributed by atoms with Crippen LogP contribution in [-0.2, 0) is 9.47 Å². The lowest BCUT2D eigenvalue weighted by Gasteiger charge is -2.31. The second kappa shape index (κ2) is 3.78. The van der Waals surface area contributed by atoms with E-state index in [2.05, 4.69) is 0 Å². The van der Waals surface area contributed by atoms with Crippen molar-refractivity contribution < 1.29 is 9.47 Å². The van der Waals surface area contributed by atoms with E-state index in [9.17, 15) is 0 Å². The van der Waals surface area contributed by atoms with E-state index in [0.29, 0.717) is 6.10 Å². The van der Waals surface area contributed by atoms with E-state index in [4.69, 9.17) is 9.47 Å². The van der Waals surface area contributed by atoms with Crippen molar-refractivity contribution in [2.75, 3.05) is 18.1 Å². The van der Waals surface area contributed by atoms with Crippen LogP contribution in [0, 0.1) is 0 Å². The van der Waals surface area contributed by atoms with Crippen LogP contribution in [-0.4, -0.2) is 30.5 Å². The van der Waals surface area contributed by atoms with Gasteiger partial charge in [0.05, 0.1) is 6.10 Å².